The monoisotopic (exact) mass is 362 g/mol. The summed E-state index contributed by atoms with van der Waals surface area (Å²) in [7, 11) is 1.76. The fourth-order valence-corrected chi connectivity index (χ4v) is 2.21. The third-order valence-electron chi connectivity index (χ3n) is 3.82. The first-order valence-corrected chi connectivity index (χ1v) is 9.19. The third-order valence-corrected chi connectivity index (χ3v) is 3.82. The fourth-order valence-electron chi connectivity index (χ4n) is 2.21. The molecule has 0 radical (unpaired) electrons. The van der Waals surface area contributed by atoms with Crippen LogP contribution in [0.5, 0.6) is 11.5 Å². The number of carbonyl (C=O) groups is 1. The van der Waals surface area contributed by atoms with E-state index in [0.717, 1.165) is 42.8 Å². The molecule has 0 aliphatic heterocycles. The van der Waals surface area contributed by atoms with E-state index in [-0.39, 0.29) is 5.75 Å². The summed E-state index contributed by atoms with van der Waals surface area (Å²) in [6.45, 7) is 6.45. The molecule has 0 saturated heterocycles. The Morgan fingerprint density at radius 3 is 2.46 bits per heavy atom. The average molecular weight is 362 g/mol. The van der Waals surface area contributed by atoms with Crippen molar-refractivity contribution in [3.63, 3.8) is 0 Å². The second kappa shape index (κ2) is 12.0. The molecule has 2 rings (SSSR count). The van der Waals surface area contributed by atoms with Crippen molar-refractivity contribution in [2.75, 3.05) is 6.61 Å². The Morgan fingerprint density at radius 1 is 1.19 bits per heavy atom. The Balaban J connectivity index is 0.000000487. The minimum Gasteiger partial charge on any atom is -0.508 e. The van der Waals surface area contributed by atoms with E-state index in [1.165, 1.54) is 4.80 Å². The van der Waals surface area contributed by atoms with Gasteiger partial charge in [-0.15, -0.1) is 10.2 Å². The number of nitrogens with zero attached hydrogens (tertiary/aromatic N) is 4. The predicted octanol–water partition coefficient (Wildman–Crippen LogP) is 3.26. The second-order valence-corrected chi connectivity index (χ2v) is 5.89. The molecule has 0 fully saturated rings. The van der Waals surface area contributed by atoms with Crippen LogP contribution in [0.2, 0.25) is 0 Å². The lowest BCUT2D eigenvalue weighted by molar-refractivity contribution is -0.118. The van der Waals surface area contributed by atoms with Crippen molar-refractivity contribution in [2.24, 2.45) is 7.05 Å². The van der Waals surface area contributed by atoms with Crippen molar-refractivity contribution in [2.45, 2.75) is 59.3 Å². The van der Waals surface area contributed by atoms with Crippen molar-refractivity contribution in [3.8, 4) is 11.5 Å². The summed E-state index contributed by atoms with van der Waals surface area (Å²) in [5, 5.41) is 21.3. The molecule has 0 spiro atoms. The first kappa shape index (κ1) is 21.6. The zero-order chi connectivity index (χ0) is 19.4. The van der Waals surface area contributed by atoms with Crippen LogP contribution < -0.4 is 4.74 Å². The molecular formula is C19H30N4O3. The Bertz CT molecular complexity index is 665. The first-order valence-electron chi connectivity index (χ1n) is 9.19. The average Bonchev–Trinajstić information content (AvgIpc) is 3.06. The van der Waals surface area contributed by atoms with Gasteiger partial charge in [0, 0.05) is 25.3 Å². The lowest BCUT2D eigenvalue weighted by Gasteiger charge is -2.10. The van der Waals surface area contributed by atoms with Gasteiger partial charge in [-0.05, 0) is 36.1 Å². The van der Waals surface area contributed by atoms with E-state index in [1.807, 2.05) is 19.9 Å². The molecule has 0 bridgehead atoms. The molecule has 1 aromatic carbocycles. The summed E-state index contributed by atoms with van der Waals surface area (Å²) in [5.41, 5.74) is 1.11. The number of ether oxygens (including phenoxy) is 1. The number of aromatic hydroxyl groups is 1. The molecule has 0 atom stereocenters. The number of hydrogen-bond acceptors (Lipinski definition) is 6. The number of benzene rings is 1. The molecule has 26 heavy (non-hydrogen) atoms. The highest BCUT2D eigenvalue weighted by molar-refractivity contribution is 5.77. The minimum absolute atomic E-state index is 0.237. The van der Waals surface area contributed by atoms with Crippen molar-refractivity contribution < 1.29 is 14.6 Å². The van der Waals surface area contributed by atoms with E-state index >= 15 is 0 Å². The SMILES string of the molecule is CCC(=O)CC.CCc1ccc(O)cc1OCCCCc1nnn(C)n1. The number of aryl methyl sites for hydroxylation is 3. The number of tetrazole rings is 1. The quantitative estimate of drug-likeness (QED) is 0.689. The van der Waals surface area contributed by atoms with Gasteiger partial charge in [-0.3, -0.25) is 4.79 Å². The molecule has 2 aromatic rings. The Labute approximate surface area is 155 Å². The molecule has 0 amide bonds. The van der Waals surface area contributed by atoms with Crippen molar-refractivity contribution in [3.05, 3.63) is 29.6 Å². The molecule has 1 N–H and O–H groups in total. The molecular weight excluding hydrogens is 332 g/mol. The molecule has 7 heteroatoms. The maximum absolute atomic E-state index is 10.2. The summed E-state index contributed by atoms with van der Waals surface area (Å²) < 4.78 is 5.73. The predicted molar refractivity (Wildman–Crippen MR) is 100 cm³/mol. The van der Waals surface area contributed by atoms with Gasteiger partial charge < -0.3 is 9.84 Å². The van der Waals surface area contributed by atoms with Crippen LogP contribution >= 0.6 is 0 Å². The molecule has 1 aromatic heterocycles. The molecule has 7 nitrogen and oxygen atoms in total. The number of rotatable bonds is 9. The standard InChI is InChI=1S/C14H20N4O2.C5H10O/c1-3-11-7-8-12(19)10-13(11)20-9-5-4-6-14-15-17-18(2)16-14;1-3-5(6)4-2/h7-8,10,19H,3-6,9H2,1-2H3;3-4H2,1-2H3. The summed E-state index contributed by atoms with van der Waals surface area (Å²) in [6.07, 6.45) is 4.94. The largest absolute Gasteiger partial charge is 0.508 e. The van der Waals surface area contributed by atoms with Gasteiger partial charge in [-0.1, -0.05) is 26.8 Å². The van der Waals surface area contributed by atoms with E-state index in [0.29, 0.717) is 25.2 Å². The topological polar surface area (TPSA) is 90.1 Å². The lowest BCUT2D eigenvalue weighted by atomic mass is 10.1. The molecule has 0 unspecified atom stereocenters. The van der Waals surface area contributed by atoms with Crippen LogP contribution in [-0.4, -0.2) is 37.7 Å². The van der Waals surface area contributed by atoms with E-state index in [9.17, 15) is 9.90 Å². The first-order chi connectivity index (χ1) is 12.5. The highest BCUT2D eigenvalue weighted by Crippen LogP contribution is 2.24. The third kappa shape index (κ3) is 8.09. The van der Waals surface area contributed by atoms with E-state index in [1.54, 1.807) is 19.2 Å². The summed E-state index contributed by atoms with van der Waals surface area (Å²) in [4.78, 5) is 11.6. The van der Waals surface area contributed by atoms with E-state index < -0.39 is 0 Å². The zero-order valence-electron chi connectivity index (χ0n) is 16.2. The molecule has 1 heterocycles. The lowest BCUT2D eigenvalue weighted by Crippen LogP contribution is -2.01. The minimum atomic E-state index is 0.237. The molecule has 0 aliphatic rings. The maximum Gasteiger partial charge on any atom is 0.174 e. The number of aromatic nitrogens is 4. The van der Waals surface area contributed by atoms with E-state index in [2.05, 4.69) is 22.3 Å². The summed E-state index contributed by atoms with van der Waals surface area (Å²) in [5.74, 6) is 2.11. The normalized spacial score (nSPS) is 10.2. The van der Waals surface area contributed by atoms with Crippen LogP contribution in [0.15, 0.2) is 18.2 Å². The number of phenols is 1. The van der Waals surface area contributed by atoms with E-state index in [4.69, 9.17) is 4.74 Å². The van der Waals surface area contributed by atoms with Crippen molar-refractivity contribution >= 4 is 5.78 Å². The number of unbranched alkanes of at least 4 members (excludes halogenated alkanes) is 1. The number of hydrogen-bond donors (Lipinski definition) is 1. The van der Waals surface area contributed by atoms with Crippen LogP contribution in [-0.2, 0) is 24.7 Å². The smallest absolute Gasteiger partial charge is 0.174 e. The Kier molecular flexibility index (Phi) is 9.97. The van der Waals surface area contributed by atoms with Gasteiger partial charge in [-0.2, -0.15) is 4.80 Å². The van der Waals surface area contributed by atoms with Gasteiger partial charge in [-0.25, -0.2) is 0 Å². The molecule has 144 valence electrons. The molecule has 0 aliphatic carbocycles. The summed E-state index contributed by atoms with van der Waals surface area (Å²) >= 11 is 0. The van der Waals surface area contributed by atoms with Crippen molar-refractivity contribution in [1.82, 2.24) is 20.2 Å². The van der Waals surface area contributed by atoms with Crippen molar-refractivity contribution in [1.29, 1.82) is 0 Å². The van der Waals surface area contributed by atoms with Crippen LogP contribution in [0.25, 0.3) is 0 Å². The second-order valence-electron chi connectivity index (χ2n) is 5.89. The number of Topliss-reactive ketones (excluding diaryl/α,β-unsaturated/α-hetero) is 1. The maximum atomic E-state index is 10.2. The van der Waals surface area contributed by atoms with Gasteiger partial charge in [0.05, 0.1) is 13.7 Å². The van der Waals surface area contributed by atoms with Crippen LogP contribution in [0.3, 0.4) is 0 Å². The van der Waals surface area contributed by atoms with Gasteiger partial charge >= 0.3 is 0 Å². The number of phenolic OH excluding ortho intramolecular Hbond substituents is 1. The number of ketones is 1. The van der Waals surface area contributed by atoms with Crippen LogP contribution in [0.1, 0.15) is 57.8 Å². The Morgan fingerprint density at radius 2 is 1.92 bits per heavy atom. The van der Waals surface area contributed by atoms with Crippen LogP contribution in [0, 0.1) is 0 Å². The van der Waals surface area contributed by atoms with Gasteiger partial charge in [0.15, 0.2) is 5.82 Å². The zero-order valence-corrected chi connectivity index (χ0v) is 16.2. The highest BCUT2D eigenvalue weighted by Gasteiger charge is 2.04. The highest BCUT2D eigenvalue weighted by atomic mass is 16.5. The van der Waals surface area contributed by atoms with Gasteiger partial charge in [0.1, 0.15) is 17.3 Å². The van der Waals surface area contributed by atoms with Crippen LogP contribution in [0.4, 0.5) is 0 Å². The Hall–Kier alpha value is -2.44. The number of carbonyl (C=O) groups excluding carboxylic acids is 1. The molecule has 0 saturated carbocycles. The van der Waals surface area contributed by atoms with Gasteiger partial charge in [0.25, 0.3) is 0 Å². The van der Waals surface area contributed by atoms with Gasteiger partial charge in [0.2, 0.25) is 0 Å². The fraction of sp³-hybridized carbons (Fsp3) is 0.579. The summed E-state index contributed by atoms with van der Waals surface area (Å²) in [6, 6.07) is 5.25.